The van der Waals surface area contributed by atoms with Gasteiger partial charge in [0.2, 0.25) is 0 Å². The van der Waals surface area contributed by atoms with Gasteiger partial charge in [-0.05, 0) is 0 Å². The first-order valence-corrected chi connectivity index (χ1v) is 5.14. The zero-order valence-electron chi connectivity index (χ0n) is 7.22. The van der Waals surface area contributed by atoms with Gasteiger partial charge in [-0.2, -0.15) is 0 Å². The van der Waals surface area contributed by atoms with Gasteiger partial charge < -0.3 is 0 Å². The standard InChI is InChI=1S/C8H16O2.Zr/c1-3-5-6-7(4-2)8(9)10;/h7H,3-6H2,1-2H3,(H,9,10);/q;+1/p-1. The maximum absolute atomic E-state index is 11.0. The maximum atomic E-state index is 11.0. The third kappa shape index (κ3) is 4.73. The summed E-state index contributed by atoms with van der Waals surface area (Å²) in [6, 6.07) is 0. The molecular formula is C8H15O2Zr. The molecule has 1 unspecified atom stereocenters. The van der Waals surface area contributed by atoms with E-state index in [-0.39, 0.29) is 11.9 Å². The normalized spacial score (nSPS) is 12.5. The van der Waals surface area contributed by atoms with E-state index in [9.17, 15) is 4.79 Å². The number of hydrogen-bond donors (Lipinski definition) is 0. The van der Waals surface area contributed by atoms with E-state index in [0.29, 0.717) is 0 Å². The third-order valence-corrected chi connectivity index (χ3v) is 2.33. The first kappa shape index (κ1) is 11.4. The Balaban J connectivity index is 3.65. The molecule has 0 rings (SSSR count). The van der Waals surface area contributed by atoms with E-state index in [1.54, 1.807) is 0 Å². The second-order valence-corrected chi connectivity index (χ2v) is 3.17. The summed E-state index contributed by atoms with van der Waals surface area (Å²) in [4.78, 5) is 11.0. The fourth-order valence-electron chi connectivity index (χ4n) is 1.02. The molecule has 0 amide bonds. The van der Waals surface area contributed by atoms with Crippen LogP contribution in [0.5, 0.6) is 0 Å². The zero-order valence-corrected chi connectivity index (χ0v) is 9.68. The van der Waals surface area contributed by atoms with Crippen LogP contribution in [-0.2, 0) is 32.8 Å². The number of carbonyl (C=O) groups is 1. The van der Waals surface area contributed by atoms with Crippen LogP contribution in [0.3, 0.4) is 0 Å². The molecule has 0 aliphatic carbocycles. The summed E-state index contributed by atoms with van der Waals surface area (Å²) in [5.41, 5.74) is 0. The van der Waals surface area contributed by atoms with Crippen LogP contribution in [0.25, 0.3) is 0 Å². The molecule has 0 radical (unpaired) electrons. The van der Waals surface area contributed by atoms with Gasteiger partial charge in [0, 0.05) is 0 Å². The summed E-state index contributed by atoms with van der Waals surface area (Å²) in [6.45, 7) is 4.17. The molecular weight excluding hydrogens is 219 g/mol. The van der Waals surface area contributed by atoms with E-state index in [1.165, 1.54) is 0 Å². The molecule has 11 heavy (non-hydrogen) atoms. The van der Waals surface area contributed by atoms with Gasteiger partial charge in [0.15, 0.2) is 0 Å². The molecule has 0 aromatic carbocycles. The predicted octanol–water partition coefficient (Wildman–Crippen LogP) is 2.21. The van der Waals surface area contributed by atoms with Gasteiger partial charge >= 0.3 is 84.2 Å². The fraction of sp³-hybridized carbons (Fsp3) is 0.875. The topological polar surface area (TPSA) is 26.3 Å². The molecule has 63 valence electrons. The Morgan fingerprint density at radius 3 is 2.55 bits per heavy atom. The monoisotopic (exact) mass is 233 g/mol. The van der Waals surface area contributed by atoms with Gasteiger partial charge in [0.1, 0.15) is 0 Å². The minimum atomic E-state index is -0.0147. The number of rotatable bonds is 5. The summed E-state index contributed by atoms with van der Waals surface area (Å²) >= 11 is 0.859. The van der Waals surface area contributed by atoms with Crippen LogP contribution >= 0.6 is 0 Å². The van der Waals surface area contributed by atoms with Crippen molar-refractivity contribution in [3.05, 3.63) is 0 Å². The molecule has 0 saturated carbocycles. The van der Waals surface area contributed by atoms with Crippen molar-refractivity contribution in [1.82, 2.24) is 0 Å². The summed E-state index contributed by atoms with van der Waals surface area (Å²) in [5.74, 6) is 0.133. The second-order valence-electron chi connectivity index (χ2n) is 2.67. The fourth-order valence-corrected chi connectivity index (χ4v) is 1.43. The van der Waals surface area contributed by atoms with E-state index in [2.05, 4.69) is 6.92 Å². The summed E-state index contributed by atoms with van der Waals surface area (Å²) in [6.07, 6.45) is 4.18. The Morgan fingerprint density at radius 2 is 2.18 bits per heavy atom. The quantitative estimate of drug-likeness (QED) is 0.729. The summed E-state index contributed by atoms with van der Waals surface area (Å²) in [7, 11) is 0. The Hall–Kier alpha value is 0.353. The Bertz CT molecular complexity index is 115. The molecule has 0 N–H and O–H groups in total. The van der Waals surface area contributed by atoms with Crippen LogP contribution in [-0.4, -0.2) is 5.97 Å². The van der Waals surface area contributed by atoms with Crippen LogP contribution in [0.2, 0.25) is 0 Å². The summed E-state index contributed by atoms with van der Waals surface area (Å²) in [5, 5.41) is 0. The predicted molar refractivity (Wildman–Crippen MR) is 39.4 cm³/mol. The van der Waals surface area contributed by atoms with Gasteiger partial charge in [0.05, 0.1) is 0 Å². The van der Waals surface area contributed by atoms with Crippen molar-refractivity contribution in [3.63, 3.8) is 0 Å². The SMILES string of the molecule is CCCCC(CC)C(=O)[O][Zr]. The van der Waals surface area contributed by atoms with Crippen molar-refractivity contribution in [2.75, 3.05) is 0 Å². The van der Waals surface area contributed by atoms with Crippen LogP contribution in [0, 0.1) is 5.92 Å². The summed E-state index contributed by atoms with van der Waals surface area (Å²) < 4.78 is 4.75. The second kappa shape index (κ2) is 7.03. The zero-order chi connectivity index (χ0) is 8.69. The first-order chi connectivity index (χ1) is 5.26. The van der Waals surface area contributed by atoms with Crippen LogP contribution in [0.15, 0.2) is 0 Å². The number of unbranched alkanes of at least 4 members (excludes halogenated alkanes) is 1. The van der Waals surface area contributed by atoms with E-state index in [1.807, 2.05) is 6.92 Å². The molecule has 0 aromatic heterocycles. The van der Waals surface area contributed by atoms with E-state index >= 15 is 0 Å². The van der Waals surface area contributed by atoms with Gasteiger partial charge in [-0.25, -0.2) is 0 Å². The molecule has 3 heteroatoms. The average Bonchev–Trinajstić information content (AvgIpc) is 2.05. The van der Waals surface area contributed by atoms with Crippen molar-refractivity contribution in [1.29, 1.82) is 0 Å². The molecule has 1 atom stereocenters. The Labute approximate surface area is 84.2 Å². The van der Waals surface area contributed by atoms with Gasteiger partial charge in [0.25, 0.3) is 0 Å². The van der Waals surface area contributed by atoms with Crippen LogP contribution in [0.1, 0.15) is 39.5 Å². The molecule has 0 bridgehead atoms. The molecule has 0 spiro atoms. The molecule has 0 heterocycles. The molecule has 0 fully saturated rings. The first-order valence-electron chi connectivity index (χ1n) is 4.13. The average molecular weight is 234 g/mol. The van der Waals surface area contributed by atoms with Gasteiger partial charge in [-0.1, -0.05) is 0 Å². The van der Waals surface area contributed by atoms with E-state index < -0.39 is 0 Å². The van der Waals surface area contributed by atoms with Gasteiger partial charge in [-0.3, -0.25) is 0 Å². The molecule has 0 aromatic rings. The molecule has 0 aliphatic heterocycles. The van der Waals surface area contributed by atoms with Crippen molar-refractivity contribution in [2.24, 2.45) is 5.92 Å². The van der Waals surface area contributed by atoms with Crippen molar-refractivity contribution < 1.29 is 32.8 Å². The molecule has 0 saturated heterocycles. The van der Waals surface area contributed by atoms with E-state index in [0.717, 1.165) is 50.8 Å². The number of hydrogen-bond acceptors (Lipinski definition) is 2. The van der Waals surface area contributed by atoms with Crippen LogP contribution in [0.4, 0.5) is 0 Å². The van der Waals surface area contributed by atoms with Gasteiger partial charge in [-0.15, -0.1) is 0 Å². The minimum absolute atomic E-state index is 0.0147. The van der Waals surface area contributed by atoms with Crippen LogP contribution < -0.4 is 0 Å². The van der Waals surface area contributed by atoms with Crippen molar-refractivity contribution in [2.45, 2.75) is 39.5 Å². The Morgan fingerprint density at radius 1 is 1.55 bits per heavy atom. The van der Waals surface area contributed by atoms with E-state index in [4.69, 9.17) is 2.81 Å². The van der Waals surface area contributed by atoms with Crippen molar-refractivity contribution >= 4 is 5.97 Å². The third-order valence-electron chi connectivity index (χ3n) is 1.83. The molecule has 0 aliphatic rings. The number of carbonyl (C=O) groups excluding carboxylic acids is 1. The molecule has 2 nitrogen and oxygen atoms in total. The Kier molecular flexibility index (Phi) is 7.25. The van der Waals surface area contributed by atoms with Crippen molar-refractivity contribution in [3.8, 4) is 0 Å².